The summed E-state index contributed by atoms with van der Waals surface area (Å²) >= 11 is 0. The minimum atomic E-state index is -0.661. The molecule has 35 heavy (non-hydrogen) atoms. The van der Waals surface area contributed by atoms with E-state index in [0.29, 0.717) is 22.9 Å². The van der Waals surface area contributed by atoms with Crippen LogP contribution in [-0.2, 0) is 10.3 Å². The average molecular weight is 471 g/mol. The summed E-state index contributed by atoms with van der Waals surface area (Å²) in [5, 5.41) is 16.1. The quantitative estimate of drug-likeness (QED) is 0.388. The summed E-state index contributed by atoms with van der Waals surface area (Å²) in [5.41, 5.74) is 2.40. The van der Waals surface area contributed by atoms with Gasteiger partial charge in [-0.05, 0) is 43.0 Å². The van der Waals surface area contributed by atoms with Gasteiger partial charge in [0.05, 0.1) is 24.1 Å². The summed E-state index contributed by atoms with van der Waals surface area (Å²) in [6, 6.07) is 20.0. The van der Waals surface area contributed by atoms with Gasteiger partial charge in [-0.2, -0.15) is 0 Å². The molecule has 3 aromatic rings. The number of nitrogens with one attached hydrogen (secondary N) is 1. The Labute approximate surface area is 208 Å². The molecule has 182 valence electrons. The topological polar surface area (TPSA) is 62.2 Å². The largest absolute Gasteiger partial charge is 0.382 e. The maximum atomic E-state index is 13.5. The van der Waals surface area contributed by atoms with Gasteiger partial charge in [0, 0.05) is 30.3 Å². The zero-order valence-electron chi connectivity index (χ0n) is 20.7. The molecular formula is C30H36N3O2+. The first kappa shape index (κ1) is 23.7. The van der Waals surface area contributed by atoms with E-state index in [9.17, 15) is 9.90 Å². The van der Waals surface area contributed by atoms with E-state index in [1.54, 1.807) is 6.20 Å². The van der Waals surface area contributed by atoms with Crippen molar-refractivity contribution in [3.05, 3.63) is 90.6 Å². The van der Waals surface area contributed by atoms with Crippen molar-refractivity contribution >= 4 is 16.8 Å². The van der Waals surface area contributed by atoms with E-state index in [2.05, 4.69) is 23.0 Å². The molecule has 6 rings (SSSR count). The molecule has 0 saturated carbocycles. The molecule has 2 aromatic carbocycles. The Morgan fingerprint density at radius 3 is 2.71 bits per heavy atom. The number of aliphatic hydroxyl groups is 1. The summed E-state index contributed by atoms with van der Waals surface area (Å²) in [6.07, 6.45) is 5.14. The normalized spacial score (nSPS) is 26.9. The third kappa shape index (κ3) is 4.39. The molecule has 3 aliphatic rings. The van der Waals surface area contributed by atoms with Crippen molar-refractivity contribution < 1.29 is 14.4 Å². The molecule has 3 aliphatic heterocycles. The fraction of sp³-hybridized carbons (Fsp3) is 0.400. The second-order valence-corrected chi connectivity index (χ2v) is 10.9. The van der Waals surface area contributed by atoms with E-state index < -0.39 is 11.6 Å². The molecule has 5 atom stereocenters. The monoisotopic (exact) mass is 470 g/mol. The van der Waals surface area contributed by atoms with Crippen molar-refractivity contribution in [2.24, 2.45) is 11.8 Å². The Morgan fingerprint density at radius 1 is 1.20 bits per heavy atom. The zero-order valence-corrected chi connectivity index (χ0v) is 20.7. The van der Waals surface area contributed by atoms with E-state index in [0.717, 1.165) is 48.0 Å². The third-order valence-electron chi connectivity index (χ3n) is 8.45. The number of carbonyl (C=O) groups is 1. The number of aromatic nitrogens is 1. The molecule has 1 aromatic heterocycles. The lowest BCUT2D eigenvalue weighted by molar-refractivity contribution is -0.966. The highest BCUT2D eigenvalue weighted by atomic mass is 16.3. The Morgan fingerprint density at radius 2 is 1.94 bits per heavy atom. The number of pyridine rings is 1. The summed E-state index contributed by atoms with van der Waals surface area (Å²) in [4.78, 5) is 18.0. The van der Waals surface area contributed by atoms with Crippen molar-refractivity contribution in [2.45, 2.75) is 44.4 Å². The van der Waals surface area contributed by atoms with Crippen LogP contribution in [0.2, 0.25) is 0 Å². The third-order valence-corrected chi connectivity index (χ3v) is 8.45. The molecule has 0 spiro atoms. The van der Waals surface area contributed by atoms with Crippen LogP contribution in [0, 0.1) is 11.8 Å². The highest BCUT2D eigenvalue weighted by molar-refractivity contribution is 5.82. The second-order valence-electron chi connectivity index (χ2n) is 10.9. The molecule has 3 saturated heterocycles. The molecule has 3 fully saturated rings. The first-order valence-electron chi connectivity index (χ1n) is 12.7. The van der Waals surface area contributed by atoms with Gasteiger partial charge in [-0.25, -0.2) is 0 Å². The lowest BCUT2D eigenvalue weighted by Gasteiger charge is -2.57. The van der Waals surface area contributed by atoms with Gasteiger partial charge in [-0.3, -0.25) is 9.78 Å². The van der Waals surface area contributed by atoms with E-state index in [1.165, 1.54) is 0 Å². The maximum Gasteiger partial charge on any atom is 0.275 e. The van der Waals surface area contributed by atoms with Crippen molar-refractivity contribution in [2.75, 3.05) is 19.6 Å². The lowest BCUT2D eigenvalue weighted by atomic mass is 9.71. The fourth-order valence-electron chi connectivity index (χ4n) is 6.57. The molecule has 0 aliphatic carbocycles. The van der Waals surface area contributed by atoms with E-state index in [1.807, 2.05) is 74.5 Å². The zero-order chi connectivity index (χ0) is 24.6. The van der Waals surface area contributed by atoms with Crippen LogP contribution in [0.3, 0.4) is 0 Å². The van der Waals surface area contributed by atoms with Gasteiger partial charge in [-0.1, -0.05) is 54.6 Å². The first-order valence-corrected chi connectivity index (χ1v) is 12.7. The minimum Gasteiger partial charge on any atom is -0.382 e. The van der Waals surface area contributed by atoms with Crippen LogP contribution in [0.4, 0.5) is 0 Å². The number of piperidine rings is 3. The summed E-state index contributed by atoms with van der Waals surface area (Å²) in [6.45, 7) is 10.3. The standard InChI is InChI=1S/C30H35N3O2/c1-4-21-19-33(20-28(34)32-30(2,3)23-10-6-5-7-11-23)17-15-22(21)18-27(33)29(35)25-14-16-31-26-13-9-8-12-24(25)26/h4-14,16,21-22,27,29,35H,1,15,17-20H2,2-3H3/p+1/t21-,22-,27+,29-,33-/m0/s1. The highest BCUT2D eigenvalue weighted by Crippen LogP contribution is 2.47. The average Bonchev–Trinajstić information content (AvgIpc) is 2.88. The predicted octanol–water partition coefficient (Wildman–Crippen LogP) is 4.73. The molecule has 2 N–H and O–H groups in total. The lowest BCUT2D eigenvalue weighted by Crippen LogP contribution is -2.70. The molecular weight excluding hydrogens is 434 g/mol. The number of fused-ring (bicyclic) bond motifs is 4. The second kappa shape index (κ2) is 9.21. The van der Waals surface area contributed by atoms with Gasteiger partial charge in [0.15, 0.2) is 6.54 Å². The van der Waals surface area contributed by atoms with Crippen LogP contribution in [0.5, 0.6) is 0 Å². The number of para-hydroxylation sites is 1. The summed E-state index contributed by atoms with van der Waals surface area (Å²) in [7, 11) is 0. The Bertz CT molecular complexity index is 1220. The van der Waals surface area contributed by atoms with Gasteiger partial charge in [0.25, 0.3) is 5.91 Å². The SMILES string of the molecule is C=C[C@H]1C[N@+]2(CC(=O)NC(C)(C)c3ccccc3)CC[C@H]1C[C@@H]2[C@@H](O)c1ccnc2ccccc12. The number of benzene rings is 2. The molecule has 2 bridgehead atoms. The number of nitrogens with zero attached hydrogens (tertiary/aromatic N) is 2. The van der Waals surface area contributed by atoms with Gasteiger partial charge in [-0.15, -0.1) is 6.58 Å². The van der Waals surface area contributed by atoms with Crippen LogP contribution >= 0.6 is 0 Å². The number of amides is 1. The van der Waals surface area contributed by atoms with Crippen LogP contribution in [0.15, 0.2) is 79.5 Å². The molecule has 5 nitrogen and oxygen atoms in total. The van der Waals surface area contributed by atoms with Crippen molar-refractivity contribution in [1.82, 2.24) is 10.3 Å². The van der Waals surface area contributed by atoms with E-state index in [-0.39, 0.29) is 11.9 Å². The van der Waals surface area contributed by atoms with Gasteiger partial charge < -0.3 is 14.9 Å². The van der Waals surface area contributed by atoms with Crippen molar-refractivity contribution in [1.29, 1.82) is 0 Å². The summed E-state index contributed by atoms with van der Waals surface area (Å²) in [5.74, 6) is 0.902. The minimum absolute atomic E-state index is 0.0267. The Kier molecular flexibility index (Phi) is 6.24. The van der Waals surface area contributed by atoms with Crippen LogP contribution in [-0.4, -0.2) is 46.2 Å². The Hall–Kier alpha value is -3.02. The Balaban J connectivity index is 1.45. The van der Waals surface area contributed by atoms with Crippen molar-refractivity contribution in [3.63, 3.8) is 0 Å². The van der Waals surface area contributed by atoms with Crippen LogP contribution in [0.1, 0.15) is 43.9 Å². The number of rotatable bonds is 7. The molecule has 0 radical (unpaired) electrons. The maximum absolute atomic E-state index is 13.5. The van der Waals surface area contributed by atoms with Gasteiger partial charge >= 0.3 is 0 Å². The number of quaternary nitrogens is 1. The van der Waals surface area contributed by atoms with Crippen LogP contribution < -0.4 is 5.32 Å². The number of hydrogen-bond acceptors (Lipinski definition) is 3. The van der Waals surface area contributed by atoms with Gasteiger partial charge in [0.2, 0.25) is 0 Å². The number of aliphatic hydroxyl groups excluding tert-OH is 1. The van der Waals surface area contributed by atoms with E-state index >= 15 is 0 Å². The van der Waals surface area contributed by atoms with Crippen LogP contribution in [0.25, 0.3) is 10.9 Å². The van der Waals surface area contributed by atoms with E-state index in [4.69, 9.17) is 0 Å². The van der Waals surface area contributed by atoms with Crippen molar-refractivity contribution in [3.8, 4) is 0 Å². The molecule has 0 unspecified atom stereocenters. The fourth-order valence-corrected chi connectivity index (χ4v) is 6.57. The molecule has 4 heterocycles. The summed E-state index contributed by atoms with van der Waals surface area (Å²) < 4.78 is 0.599. The number of carbonyl (C=O) groups excluding carboxylic acids is 1. The number of hydrogen-bond donors (Lipinski definition) is 2. The highest BCUT2D eigenvalue weighted by Gasteiger charge is 2.55. The van der Waals surface area contributed by atoms with Gasteiger partial charge in [0.1, 0.15) is 12.1 Å². The first-order chi connectivity index (χ1) is 16.8. The smallest absolute Gasteiger partial charge is 0.275 e. The molecule has 5 heteroatoms. The molecule has 1 amide bonds. The predicted molar refractivity (Wildman–Crippen MR) is 139 cm³/mol.